The van der Waals surface area contributed by atoms with E-state index in [1.807, 2.05) is 0 Å². The van der Waals surface area contributed by atoms with Crippen molar-refractivity contribution in [2.75, 3.05) is 19.5 Å². The van der Waals surface area contributed by atoms with Crippen LogP contribution in [-0.2, 0) is 11.8 Å². The van der Waals surface area contributed by atoms with Gasteiger partial charge in [0.15, 0.2) is 23.2 Å². The first-order valence-corrected chi connectivity index (χ1v) is 13.0. The average molecular weight is 604 g/mol. The van der Waals surface area contributed by atoms with Crippen molar-refractivity contribution < 1.29 is 37.0 Å². The van der Waals surface area contributed by atoms with Crippen LogP contribution >= 0.6 is 11.6 Å². The Morgan fingerprint density at radius 3 is 2.29 bits per heavy atom. The third kappa shape index (κ3) is 3.46. The second kappa shape index (κ2) is 9.24. The molecule has 3 aliphatic rings. The van der Waals surface area contributed by atoms with E-state index < -0.39 is 57.7 Å². The molecule has 0 saturated carbocycles. The summed E-state index contributed by atoms with van der Waals surface area (Å²) in [5, 5.41) is 2.86. The van der Waals surface area contributed by atoms with Crippen LogP contribution < -0.4 is 30.8 Å². The highest BCUT2D eigenvalue weighted by Crippen LogP contribution is 2.56. The Labute approximate surface area is 239 Å². The lowest BCUT2D eigenvalue weighted by Gasteiger charge is -2.42. The molecule has 0 saturated heterocycles. The minimum atomic E-state index is -2.22. The van der Waals surface area contributed by atoms with Crippen molar-refractivity contribution in [2.24, 2.45) is 13.0 Å². The van der Waals surface area contributed by atoms with Gasteiger partial charge in [-0.1, -0.05) is 18.5 Å². The van der Waals surface area contributed by atoms with E-state index in [4.69, 9.17) is 25.8 Å². The maximum Gasteiger partial charge on any atom is 0.329 e. The summed E-state index contributed by atoms with van der Waals surface area (Å²) < 4.78 is 60.9. The van der Waals surface area contributed by atoms with Gasteiger partial charge in [-0.05, 0) is 24.1 Å². The van der Waals surface area contributed by atoms with Crippen molar-refractivity contribution in [1.29, 1.82) is 0 Å². The van der Waals surface area contributed by atoms with E-state index in [0.29, 0.717) is 12.1 Å². The largest absolute Gasteiger partial charge is 0.496 e. The molecule has 1 aromatic heterocycles. The predicted molar refractivity (Wildman–Crippen MR) is 142 cm³/mol. The molecule has 218 valence electrons. The number of rotatable bonds is 3. The fourth-order valence-electron chi connectivity index (χ4n) is 6.04. The normalized spacial score (nSPS) is 22.4. The van der Waals surface area contributed by atoms with E-state index in [9.17, 15) is 32.3 Å². The average Bonchev–Trinajstić information content (AvgIpc) is 3.27. The topological polar surface area (TPSA) is 129 Å². The van der Waals surface area contributed by atoms with Crippen LogP contribution in [0, 0.1) is 23.4 Å². The zero-order chi connectivity index (χ0) is 30.4. The van der Waals surface area contributed by atoms with Gasteiger partial charge in [0.1, 0.15) is 27.9 Å². The van der Waals surface area contributed by atoms with Crippen molar-refractivity contribution in [3.63, 3.8) is 0 Å². The molecule has 3 aromatic rings. The van der Waals surface area contributed by atoms with E-state index in [-0.39, 0.29) is 62.5 Å². The van der Waals surface area contributed by atoms with Crippen molar-refractivity contribution in [2.45, 2.75) is 24.9 Å². The number of carbonyl (C=O) groups is 2. The number of ketones is 2. The van der Waals surface area contributed by atoms with Gasteiger partial charge < -0.3 is 19.5 Å². The van der Waals surface area contributed by atoms with E-state index in [1.165, 1.54) is 27.3 Å². The molecule has 3 atom stereocenters. The van der Waals surface area contributed by atoms with Crippen molar-refractivity contribution >= 4 is 29.0 Å². The number of methoxy groups -OCH3 is 2. The molecule has 3 heterocycles. The summed E-state index contributed by atoms with van der Waals surface area (Å²) >= 11 is 6.49. The smallest absolute Gasteiger partial charge is 0.329 e. The summed E-state index contributed by atoms with van der Waals surface area (Å²) in [6, 6.07) is 2.68. The molecule has 0 amide bonds. The van der Waals surface area contributed by atoms with E-state index in [2.05, 4.69) is 10.3 Å². The van der Waals surface area contributed by atoms with Crippen LogP contribution in [0.4, 0.5) is 19.0 Å². The second-order valence-corrected chi connectivity index (χ2v) is 10.6. The number of aromatic nitrogens is 2. The van der Waals surface area contributed by atoms with Crippen LogP contribution in [0.3, 0.4) is 0 Å². The number of anilines is 1. The Hall–Kier alpha value is -4.52. The fourth-order valence-corrected chi connectivity index (χ4v) is 6.30. The number of ether oxygens (including phenoxy) is 3. The standard InChI is InChI=1S/C28H21ClF3N3O7/c1-9-5-13-17(23(36)28(9)24(37)18-14(40-3)8-15(41-4)20(29)22(18)42-28)16(10-6-11(30)21(32)12(31)7-10)19-25(33-13)35(2)27(39)34-26(19)38/h6-9,16,33H,5H2,1-4H3,(H,34,38,39)/t9-,16?,28+/m1/s1. The van der Waals surface area contributed by atoms with Gasteiger partial charge in [-0.15, -0.1) is 0 Å². The number of H-pyrrole nitrogens is 1. The molecule has 1 unspecified atom stereocenters. The van der Waals surface area contributed by atoms with E-state index in [0.717, 1.165) is 4.57 Å². The molecule has 1 aliphatic carbocycles. The number of Topliss-reactive ketones (excluding diaryl/α,β-unsaturated/α-hetero) is 2. The third-order valence-corrected chi connectivity index (χ3v) is 8.43. The van der Waals surface area contributed by atoms with Crippen molar-refractivity contribution in [3.8, 4) is 17.2 Å². The lowest BCUT2D eigenvalue weighted by molar-refractivity contribution is -0.130. The second-order valence-electron chi connectivity index (χ2n) is 10.2. The summed E-state index contributed by atoms with van der Waals surface area (Å²) in [5.74, 6) is -9.01. The Balaban J connectivity index is 1.62. The summed E-state index contributed by atoms with van der Waals surface area (Å²) in [4.78, 5) is 56.5. The van der Waals surface area contributed by atoms with Gasteiger partial charge in [0, 0.05) is 36.2 Å². The van der Waals surface area contributed by atoms with Crippen LogP contribution in [0.25, 0.3) is 0 Å². The predicted octanol–water partition coefficient (Wildman–Crippen LogP) is 3.60. The van der Waals surface area contributed by atoms with Crippen LogP contribution in [0.5, 0.6) is 17.2 Å². The SMILES string of the molecule is COc1cc(OC)c2c(c1Cl)O[C@@]1(C(=O)C3=C(C[C@H]1C)Nc1c(c(=O)[nH]c(=O)n1C)C3c1cc(F)c(F)c(F)c1)C2=O. The monoisotopic (exact) mass is 603 g/mol. The zero-order valence-corrected chi connectivity index (χ0v) is 23.2. The highest BCUT2D eigenvalue weighted by molar-refractivity contribution is 6.36. The third-order valence-electron chi connectivity index (χ3n) is 8.08. The number of carbonyl (C=O) groups excluding carboxylic acids is 2. The number of fused-ring (bicyclic) bond motifs is 2. The zero-order valence-electron chi connectivity index (χ0n) is 22.4. The summed E-state index contributed by atoms with van der Waals surface area (Å²) in [7, 11) is 3.99. The fraction of sp³-hybridized carbons (Fsp3) is 0.286. The first-order chi connectivity index (χ1) is 19.9. The quantitative estimate of drug-likeness (QED) is 0.343. The van der Waals surface area contributed by atoms with Crippen LogP contribution in [0.1, 0.15) is 40.7 Å². The van der Waals surface area contributed by atoms with Crippen LogP contribution in [-0.4, -0.2) is 40.9 Å². The van der Waals surface area contributed by atoms with Gasteiger partial charge >= 0.3 is 5.69 Å². The number of aromatic amines is 1. The lowest BCUT2D eigenvalue weighted by Crippen LogP contribution is -2.58. The van der Waals surface area contributed by atoms with Gasteiger partial charge in [0.25, 0.3) is 5.56 Å². The molecular weight excluding hydrogens is 583 g/mol. The Kier molecular flexibility index (Phi) is 6.08. The molecule has 2 aliphatic heterocycles. The highest BCUT2D eigenvalue weighted by atomic mass is 35.5. The molecule has 0 bridgehead atoms. The van der Waals surface area contributed by atoms with Gasteiger partial charge in [0.2, 0.25) is 17.2 Å². The first-order valence-electron chi connectivity index (χ1n) is 12.6. The number of nitrogens with zero attached hydrogens (tertiary/aromatic N) is 1. The maximum atomic E-state index is 14.6. The van der Waals surface area contributed by atoms with Crippen molar-refractivity contribution in [1.82, 2.24) is 9.55 Å². The molecule has 14 heteroatoms. The molecular formula is C28H21ClF3N3O7. The van der Waals surface area contributed by atoms with Crippen molar-refractivity contribution in [3.05, 3.63) is 89.5 Å². The molecule has 1 spiro atoms. The summed E-state index contributed by atoms with van der Waals surface area (Å²) in [6.07, 6.45) is -0.0407. The molecule has 10 nitrogen and oxygen atoms in total. The van der Waals surface area contributed by atoms with Gasteiger partial charge in [-0.2, -0.15) is 0 Å². The van der Waals surface area contributed by atoms with Gasteiger partial charge in [-0.25, -0.2) is 18.0 Å². The van der Waals surface area contributed by atoms with Crippen LogP contribution in [0.2, 0.25) is 5.02 Å². The Morgan fingerprint density at radius 1 is 1.02 bits per heavy atom. The van der Waals surface area contributed by atoms with E-state index >= 15 is 0 Å². The Bertz CT molecular complexity index is 1890. The first kappa shape index (κ1) is 27.6. The lowest BCUT2D eigenvalue weighted by atomic mass is 9.66. The highest BCUT2D eigenvalue weighted by Gasteiger charge is 2.63. The summed E-state index contributed by atoms with van der Waals surface area (Å²) in [6.45, 7) is 1.59. The number of allylic oxidation sites excluding steroid dienone is 1. The number of hydrogen-bond donors (Lipinski definition) is 2. The molecule has 0 fully saturated rings. The number of nitrogens with one attached hydrogen (secondary N) is 2. The number of halogens is 4. The molecule has 6 rings (SSSR count). The maximum absolute atomic E-state index is 14.6. The van der Waals surface area contributed by atoms with Crippen LogP contribution in [0.15, 0.2) is 39.1 Å². The van der Waals surface area contributed by atoms with Gasteiger partial charge in [0.05, 0.1) is 19.8 Å². The number of benzene rings is 2. The molecule has 2 aromatic carbocycles. The Morgan fingerprint density at radius 2 is 1.67 bits per heavy atom. The molecule has 0 radical (unpaired) electrons. The summed E-state index contributed by atoms with van der Waals surface area (Å²) in [5.41, 5.74) is -4.66. The number of hydrogen-bond acceptors (Lipinski definition) is 8. The minimum absolute atomic E-state index is 0.0330. The molecule has 42 heavy (non-hydrogen) atoms. The minimum Gasteiger partial charge on any atom is -0.496 e. The molecule has 2 N–H and O–H groups in total. The van der Waals surface area contributed by atoms with E-state index in [1.54, 1.807) is 6.92 Å². The van der Waals surface area contributed by atoms with Gasteiger partial charge in [-0.3, -0.25) is 23.9 Å².